The number of carbonyl (C=O) groups excluding carboxylic acids is 4. The first-order chi connectivity index (χ1) is 16.5. The number of β-lactam (4-membered cyclic amide) rings is 1. The molecule has 2 aliphatic heterocycles. The van der Waals surface area contributed by atoms with Crippen molar-refractivity contribution in [1.82, 2.24) is 15.4 Å². The highest BCUT2D eigenvalue weighted by molar-refractivity contribution is 8.01. The highest BCUT2D eigenvalue weighted by atomic mass is 35.5. The Morgan fingerprint density at radius 3 is 2.71 bits per heavy atom. The van der Waals surface area contributed by atoms with Gasteiger partial charge in [0.15, 0.2) is 0 Å². The van der Waals surface area contributed by atoms with Crippen molar-refractivity contribution in [3.63, 3.8) is 0 Å². The minimum Gasteiger partial charge on any atom is -0.434 e. The number of hydrogen-bond donors (Lipinski definition) is 1. The monoisotopic (exact) mass is 525 g/mol. The fourth-order valence-electron chi connectivity index (χ4n) is 4.16. The van der Waals surface area contributed by atoms with E-state index < -0.39 is 52.0 Å². The number of rotatable bonds is 5. The molecule has 2 aliphatic rings. The Labute approximate surface area is 208 Å². The first kappa shape index (κ1) is 25.0. The number of nitrogens with zero attached hydrogens (tertiary/aromatic N) is 2. The molecule has 0 saturated carbocycles. The zero-order chi connectivity index (χ0) is 25.7. The van der Waals surface area contributed by atoms with Crippen molar-refractivity contribution in [1.29, 1.82) is 0 Å². The Hall–Kier alpha value is -3.12. The second-order valence-electron chi connectivity index (χ2n) is 8.37. The highest BCUT2D eigenvalue weighted by Crippen LogP contribution is 2.51. The molecule has 10 nitrogen and oxygen atoms in total. The van der Waals surface area contributed by atoms with Gasteiger partial charge >= 0.3 is 12.1 Å². The smallest absolute Gasteiger partial charge is 0.434 e. The van der Waals surface area contributed by atoms with Crippen LogP contribution in [0, 0.1) is 12.7 Å². The van der Waals surface area contributed by atoms with Gasteiger partial charge in [0.25, 0.3) is 5.91 Å². The van der Waals surface area contributed by atoms with E-state index in [0.717, 1.165) is 0 Å². The van der Waals surface area contributed by atoms with Crippen molar-refractivity contribution in [2.24, 2.45) is 0 Å². The van der Waals surface area contributed by atoms with Crippen molar-refractivity contribution in [2.45, 2.75) is 49.9 Å². The summed E-state index contributed by atoms with van der Waals surface area (Å²) in [5.41, 5.74) is -0.262. The quantitative estimate of drug-likeness (QED) is 0.355. The third-order valence-electron chi connectivity index (χ3n) is 5.69. The van der Waals surface area contributed by atoms with Crippen LogP contribution in [0.1, 0.15) is 36.9 Å². The standard InChI is InChI=1S/C22H21ClFN3O7S/c1-5-32-21(31)33-20(30)16-22(3,4)35-19-15(18(29)27(16)19)25-17(28)12-9(2)34-26-14(12)13-10(23)7-6-8-11(13)24/h6-8,15-16,19H,5H2,1-4H3,(H,25,28)/t15-,16+,19-/m1/s1. The topological polar surface area (TPSA) is 128 Å². The third-order valence-corrected chi connectivity index (χ3v) is 7.57. The van der Waals surface area contributed by atoms with Crippen LogP contribution in [0.2, 0.25) is 5.02 Å². The minimum atomic E-state index is -1.15. The molecule has 2 amide bonds. The number of aromatic nitrogens is 1. The van der Waals surface area contributed by atoms with Gasteiger partial charge < -0.3 is 24.2 Å². The zero-order valence-electron chi connectivity index (χ0n) is 19.1. The summed E-state index contributed by atoms with van der Waals surface area (Å²) in [6.45, 7) is 6.51. The minimum absolute atomic E-state index is 0.0245. The van der Waals surface area contributed by atoms with Gasteiger partial charge in [-0.25, -0.2) is 14.0 Å². The Balaban J connectivity index is 1.55. The maximum atomic E-state index is 14.5. The molecule has 186 valence electrons. The van der Waals surface area contributed by atoms with Crippen LogP contribution in [0.4, 0.5) is 9.18 Å². The van der Waals surface area contributed by atoms with E-state index in [0.29, 0.717) is 0 Å². The van der Waals surface area contributed by atoms with E-state index in [-0.39, 0.29) is 34.2 Å². The zero-order valence-corrected chi connectivity index (χ0v) is 20.7. The molecule has 1 aromatic carbocycles. The van der Waals surface area contributed by atoms with Crippen LogP contribution < -0.4 is 5.32 Å². The number of aryl methyl sites for hydroxylation is 1. The van der Waals surface area contributed by atoms with Crippen LogP contribution in [-0.2, 0) is 19.1 Å². The molecule has 13 heteroatoms. The molecule has 0 spiro atoms. The number of benzene rings is 1. The van der Waals surface area contributed by atoms with Crippen LogP contribution in [0.5, 0.6) is 0 Å². The number of nitrogens with one attached hydrogen (secondary N) is 1. The average Bonchev–Trinajstić information content (AvgIpc) is 3.26. The lowest BCUT2D eigenvalue weighted by Crippen LogP contribution is -2.70. The number of ether oxygens (including phenoxy) is 2. The molecule has 2 saturated heterocycles. The van der Waals surface area contributed by atoms with Gasteiger partial charge in [0.1, 0.15) is 40.3 Å². The second-order valence-corrected chi connectivity index (χ2v) is 10.6. The Morgan fingerprint density at radius 1 is 1.34 bits per heavy atom. The molecule has 2 aromatic rings. The van der Waals surface area contributed by atoms with Gasteiger partial charge in [-0.2, -0.15) is 0 Å². The maximum absolute atomic E-state index is 14.5. The first-order valence-electron chi connectivity index (χ1n) is 10.6. The molecule has 0 aliphatic carbocycles. The molecule has 1 N–H and O–H groups in total. The predicted octanol–water partition coefficient (Wildman–Crippen LogP) is 3.30. The Bertz CT molecular complexity index is 1210. The molecular weight excluding hydrogens is 505 g/mol. The fraction of sp³-hybridized carbons (Fsp3) is 0.409. The Morgan fingerprint density at radius 2 is 2.06 bits per heavy atom. The van der Waals surface area contributed by atoms with Crippen LogP contribution >= 0.6 is 23.4 Å². The van der Waals surface area contributed by atoms with Crippen LogP contribution in [0.15, 0.2) is 22.7 Å². The summed E-state index contributed by atoms with van der Waals surface area (Å²) in [7, 11) is 0. The second kappa shape index (κ2) is 9.15. The predicted molar refractivity (Wildman–Crippen MR) is 122 cm³/mol. The molecular formula is C22H21ClFN3O7S. The average molecular weight is 526 g/mol. The van der Waals surface area contributed by atoms with E-state index >= 15 is 0 Å². The van der Waals surface area contributed by atoms with Crippen molar-refractivity contribution < 1.29 is 37.6 Å². The van der Waals surface area contributed by atoms with Gasteiger partial charge in [-0.15, -0.1) is 11.8 Å². The number of thioether (sulfide) groups is 1. The molecule has 0 bridgehead atoms. The van der Waals surface area contributed by atoms with Crippen LogP contribution in [0.25, 0.3) is 11.3 Å². The van der Waals surface area contributed by atoms with Crippen molar-refractivity contribution in [3.05, 3.63) is 40.4 Å². The normalized spacial score (nSPS) is 22.3. The number of fused-ring (bicyclic) bond motifs is 1. The van der Waals surface area contributed by atoms with Gasteiger partial charge in [0, 0.05) is 4.75 Å². The molecule has 0 radical (unpaired) electrons. The number of esters is 1. The van der Waals surface area contributed by atoms with Crippen LogP contribution in [0.3, 0.4) is 0 Å². The molecule has 2 fully saturated rings. The van der Waals surface area contributed by atoms with E-state index in [9.17, 15) is 23.6 Å². The maximum Gasteiger partial charge on any atom is 0.516 e. The third kappa shape index (κ3) is 4.25. The summed E-state index contributed by atoms with van der Waals surface area (Å²) < 4.78 is 28.1. The van der Waals surface area contributed by atoms with E-state index in [4.69, 9.17) is 20.9 Å². The van der Waals surface area contributed by atoms with Crippen molar-refractivity contribution in [2.75, 3.05) is 6.61 Å². The van der Waals surface area contributed by atoms with E-state index in [1.807, 2.05) is 0 Å². The summed E-state index contributed by atoms with van der Waals surface area (Å²) >= 11 is 7.40. The molecule has 4 rings (SSSR count). The van der Waals surface area contributed by atoms with E-state index in [2.05, 4.69) is 15.2 Å². The number of carbonyl (C=O) groups is 4. The van der Waals surface area contributed by atoms with Crippen LogP contribution in [-0.4, -0.2) is 62.8 Å². The lowest BCUT2D eigenvalue weighted by molar-refractivity contribution is -0.161. The van der Waals surface area contributed by atoms with Gasteiger partial charge in [0.05, 0.1) is 17.2 Å². The van der Waals surface area contributed by atoms with Gasteiger partial charge in [-0.1, -0.05) is 22.8 Å². The van der Waals surface area contributed by atoms with E-state index in [1.165, 1.54) is 41.8 Å². The molecule has 35 heavy (non-hydrogen) atoms. The number of hydrogen-bond acceptors (Lipinski definition) is 9. The van der Waals surface area contributed by atoms with Crippen molar-refractivity contribution >= 4 is 47.3 Å². The largest absolute Gasteiger partial charge is 0.516 e. The SMILES string of the molecule is CCOC(=O)OC(=O)[C@@H]1N2C(=O)[C@@H](NC(=O)c3c(-c4c(F)cccc4Cl)noc3C)[C@H]2SC1(C)C. The van der Waals surface area contributed by atoms with Gasteiger partial charge in [-0.05, 0) is 39.8 Å². The highest BCUT2D eigenvalue weighted by Gasteiger charge is 2.64. The molecule has 3 atom stereocenters. The fourth-order valence-corrected chi connectivity index (χ4v) is 6.03. The number of halogens is 2. The summed E-state index contributed by atoms with van der Waals surface area (Å²) in [5, 5.41) is 5.87. The lowest BCUT2D eigenvalue weighted by Gasteiger charge is -2.43. The summed E-state index contributed by atoms with van der Waals surface area (Å²) in [6.07, 6.45) is -1.15. The van der Waals surface area contributed by atoms with E-state index in [1.54, 1.807) is 20.8 Å². The van der Waals surface area contributed by atoms with Crippen molar-refractivity contribution in [3.8, 4) is 11.3 Å². The van der Waals surface area contributed by atoms with Gasteiger partial charge in [0.2, 0.25) is 5.91 Å². The van der Waals surface area contributed by atoms with Gasteiger partial charge in [-0.3, -0.25) is 9.59 Å². The molecule has 1 aromatic heterocycles. The molecule has 3 heterocycles. The summed E-state index contributed by atoms with van der Waals surface area (Å²) in [4.78, 5) is 51.6. The lowest BCUT2D eigenvalue weighted by atomic mass is 9.95. The number of amides is 2. The summed E-state index contributed by atoms with van der Waals surface area (Å²) in [5.74, 6) is -2.76. The Kier molecular flexibility index (Phi) is 6.54. The first-order valence-corrected chi connectivity index (χ1v) is 11.8. The summed E-state index contributed by atoms with van der Waals surface area (Å²) in [6, 6.07) is 1.99. The molecule has 0 unspecified atom stereocenters.